The summed E-state index contributed by atoms with van der Waals surface area (Å²) in [5.41, 5.74) is 0.0662. The van der Waals surface area contributed by atoms with E-state index in [-0.39, 0.29) is 11.6 Å². The van der Waals surface area contributed by atoms with Gasteiger partial charge in [0.2, 0.25) is 0 Å². The van der Waals surface area contributed by atoms with Crippen LogP contribution in [0.4, 0.5) is 4.79 Å². The average Bonchev–Trinajstić information content (AvgIpc) is 2.47. The zero-order valence-corrected chi connectivity index (χ0v) is 8.79. The van der Waals surface area contributed by atoms with Crippen molar-refractivity contribution in [3.05, 3.63) is 0 Å². The second kappa shape index (κ2) is 3.35. The molecule has 5 heteroatoms. The molecule has 1 spiro atoms. The normalized spacial score (nSPS) is 30.4. The fraction of sp³-hybridized carbons (Fsp3) is 0.900. The summed E-state index contributed by atoms with van der Waals surface area (Å²) < 4.78 is 5.19. The van der Waals surface area contributed by atoms with E-state index in [4.69, 9.17) is 4.74 Å². The summed E-state index contributed by atoms with van der Waals surface area (Å²) in [4.78, 5) is 13.9. The molecule has 3 aliphatic heterocycles. The Bertz CT molecular complexity index is 272. The lowest BCUT2D eigenvalue weighted by atomic mass is 9.86. The largest absolute Gasteiger partial charge is 0.377 e. The molecular weight excluding hydrogens is 194 g/mol. The van der Waals surface area contributed by atoms with Crippen molar-refractivity contribution in [1.82, 2.24) is 15.5 Å². The number of piperidine rings is 1. The highest BCUT2D eigenvalue weighted by Crippen LogP contribution is 2.33. The molecule has 15 heavy (non-hydrogen) atoms. The van der Waals surface area contributed by atoms with Crippen molar-refractivity contribution in [3.63, 3.8) is 0 Å². The minimum atomic E-state index is 0.0662. The van der Waals surface area contributed by atoms with Crippen molar-refractivity contribution >= 4 is 6.03 Å². The number of nitrogens with one attached hydrogen (secondary N) is 2. The van der Waals surface area contributed by atoms with Gasteiger partial charge in [0.1, 0.15) is 0 Å². The van der Waals surface area contributed by atoms with Crippen molar-refractivity contribution < 1.29 is 9.53 Å². The first-order valence-corrected chi connectivity index (χ1v) is 5.67. The Morgan fingerprint density at radius 2 is 2.07 bits per heavy atom. The fourth-order valence-electron chi connectivity index (χ4n) is 2.86. The molecule has 84 valence electrons. The van der Waals surface area contributed by atoms with Gasteiger partial charge in [0.25, 0.3) is 0 Å². The molecule has 2 amide bonds. The number of nitrogens with zero attached hydrogens (tertiary/aromatic N) is 1. The van der Waals surface area contributed by atoms with E-state index < -0.39 is 0 Å². The van der Waals surface area contributed by atoms with Gasteiger partial charge in [-0.3, -0.25) is 0 Å². The summed E-state index contributed by atoms with van der Waals surface area (Å²) in [6.07, 6.45) is 2.12. The number of ether oxygens (including phenoxy) is 1. The van der Waals surface area contributed by atoms with Crippen molar-refractivity contribution in [1.29, 1.82) is 0 Å². The molecule has 0 bridgehead atoms. The molecule has 0 saturated carbocycles. The second-order valence-electron chi connectivity index (χ2n) is 4.69. The summed E-state index contributed by atoms with van der Waals surface area (Å²) >= 11 is 0. The lowest BCUT2D eigenvalue weighted by Crippen LogP contribution is -2.61. The van der Waals surface area contributed by atoms with Crippen LogP contribution in [0.15, 0.2) is 0 Å². The van der Waals surface area contributed by atoms with Crippen LogP contribution in [0.2, 0.25) is 0 Å². The van der Waals surface area contributed by atoms with Crippen LogP contribution in [0.25, 0.3) is 0 Å². The van der Waals surface area contributed by atoms with E-state index in [1.165, 1.54) is 0 Å². The minimum absolute atomic E-state index is 0.0662. The monoisotopic (exact) mass is 211 g/mol. The number of carbonyl (C=O) groups is 1. The maximum absolute atomic E-state index is 11.8. The minimum Gasteiger partial charge on any atom is -0.377 e. The zero-order chi connectivity index (χ0) is 10.3. The molecule has 0 radical (unpaired) electrons. The van der Waals surface area contributed by atoms with Crippen LogP contribution >= 0.6 is 0 Å². The van der Waals surface area contributed by atoms with Crippen molar-refractivity contribution in [2.45, 2.75) is 24.4 Å². The van der Waals surface area contributed by atoms with Gasteiger partial charge in [-0.2, -0.15) is 0 Å². The molecule has 0 aromatic carbocycles. The third-order valence-corrected chi connectivity index (χ3v) is 3.82. The summed E-state index contributed by atoms with van der Waals surface area (Å²) in [6, 6.07) is 0.413. The molecule has 0 aromatic heterocycles. The van der Waals surface area contributed by atoms with Crippen LogP contribution in [0.5, 0.6) is 0 Å². The number of urea groups is 1. The zero-order valence-electron chi connectivity index (χ0n) is 8.79. The number of carbonyl (C=O) groups excluding carboxylic acids is 1. The first-order chi connectivity index (χ1) is 7.32. The fourth-order valence-corrected chi connectivity index (χ4v) is 2.86. The summed E-state index contributed by atoms with van der Waals surface area (Å²) in [5.74, 6) is 0. The molecule has 0 aliphatic carbocycles. The number of amides is 2. The lowest BCUT2D eigenvalue weighted by Gasteiger charge is -2.46. The highest BCUT2D eigenvalue weighted by molar-refractivity contribution is 5.78. The predicted octanol–water partition coefficient (Wildman–Crippen LogP) is -0.467. The number of hydrogen-bond donors (Lipinski definition) is 2. The Kier molecular flexibility index (Phi) is 2.10. The third kappa shape index (κ3) is 1.33. The van der Waals surface area contributed by atoms with Crippen LogP contribution in [-0.2, 0) is 4.74 Å². The Morgan fingerprint density at radius 1 is 1.33 bits per heavy atom. The first-order valence-electron chi connectivity index (χ1n) is 5.67. The van der Waals surface area contributed by atoms with Gasteiger partial charge in [-0.05, 0) is 25.9 Å². The summed E-state index contributed by atoms with van der Waals surface area (Å²) in [7, 11) is 0. The van der Waals surface area contributed by atoms with Crippen LogP contribution in [0, 0.1) is 0 Å². The van der Waals surface area contributed by atoms with E-state index in [0.717, 1.165) is 32.5 Å². The molecular formula is C10H17N3O2. The van der Waals surface area contributed by atoms with E-state index >= 15 is 0 Å². The van der Waals surface area contributed by atoms with Gasteiger partial charge in [0.15, 0.2) is 0 Å². The number of hydrogen-bond acceptors (Lipinski definition) is 3. The van der Waals surface area contributed by atoms with Crippen LogP contribution in [0.3, 0.4) is 0 Å². The molecule has 0 aromatic rings. The van der Waals surface area contributed by atoms with Gasteiger partial charge in [-0.15, -0.1) is 0 Å². The van der Waals surface area contributed by atoms with Gasteiger partial charge >= 0.3 is 6.03 Å². The third-order valence-electron chi connectivity index (χ3n) is 3.82. The Balaban J connectivity index is 1.82. The molecule has 0 atom stereocenters. The average molecular weight is 211 g/mol. The molecule has 3 rings (SSSR count). The van der Waals surface area contributed by atoms with E-state index in [1.807, 2.05) is 0 Å². The van der Waals surface area contributed by atoms with Gasteiger partial charge in [-0.1, -0.05) is 0 Å². The smallest absolute Gasteiger partial charge is 0.318 e. The van der Waals surface area contributed by atoms with E-state index in [1.54, 1.807) is 0 Å². The second-order valence-corrected chi connectivity index (χ2v) is 4.69. The van der Waals surface area contributed by atoms with E-state index in [2.05, 4.69) is 15.5 Å². The molecule has 3 fully saturated rings. The molecule has 5 nitrogen and oxygen atoms in total. The van der Waals surface area contributed by atoms with E-state index in [9.17, 15) is 4.79 Å². The van der Waals surface area contributed by atoms with Crippen LogP contribution in [-0.4, -0.2) is 55.4 Å². The highest BCUT2D eigenvalue weighted by Gasteiger charge is 2.50. The number of rotatable bonds is 1. The summed E-state index contributed by atoms with van der Waals surface area (Å²) in [6.45, 7) is 4.26. The van der Waals surface area contributed by atoms with Gasteiger partial charge in [0, 0.05) is 6.54 Å². The summed E-state index contributed by atoms with van der Waals surface area (Å²) in [5, 5.41) is 6.33. The Hall–Kier alpha value is -0.810. The molecule has 0 unspecified atom stereocenters. The SMILES string of the molecule is O=C1NCC2(CCNCC2)N1C1COC1. The van der Waals surface area contributed by atoms with Crippen molar-refractivity contribution in [3.8, 4) is 0 Å². The molecule has 3 heterocycles. The quantitative estimate of drug-likeness (QED) is 0.616. The van der Waals surface area contributed by atoms with Gasteiger partial charge in [-0.25, -0.2) is 4.79 Å². The topological polar surface area (TPSA) is 53.6 Å². The van der Waals surface area contributed by atoms with Crippen molar-refractivity contribution in [2.24, 2.45) is 0 Å². The van der Waals surface area contributed by atoms with Crippen LogP contribution < -0.4 is 10.6 Å². The first kappa shape index (κ1) is 9.42. The van der Waals surface area contributed by atoms with Gasteiger partial charge < -0.3 is 20.3 Å². The van der Waals surface area contributed by atoms with Crippen LogP contribution in [0.1, 0.15) is 12.8 Å². The Labute approximate surface area is 89.1 Å². The lowest BCUT2D eigenvalue weighted by molar-refractivity contribution is -0.0762. The van der Waals surface area contributed by atoms with E-state index in [0.29, 0.717) is 19.3 Å². The molecule has 3 saturated heterocycles. The maximum atomic E-state index is 11.8. The molecule has 2 N–H and O–H groups in total. The standard InChI is InChI=1S/C10H17N3O2/c14-9-12-7-10(1-3-11-4-2-10)13(9)8-5-15-6-8/h8,11H,1-7H2,(H,12,14). The Morgan fingerprint density at radius 3 is 2.67 bits per heavy atom. The van der Waals surface area contributed by atoms with Gasteiger partial charge in [0.05, 0.1) is 24.8 Å². The highest BCUT2D eigenvalue weighted by atomic mass is 16.5. The molecule has 3 aliphatic rings. The van der Waals surface area contributed by atoms with Crippen molar-refractivity contribution in [2.75, 3.05) is 32.8 Å². The predicted molar refractivity (Wildman–Crippen MR) is 54.7 cm³/mol. The maximum Gasteiger partial charge on any atom is 0.318 e.